The Morgan fingerprint density at radius 3 is 2.43 bits per heavy atom. The molecule has 0 saturated carbocycles. The first-order valence-electron chi connectivity index (χ1n) is 7.56. The lowest BCUT2D eigenvalue weighted by Gasteiger charge is -2.36. The molecule has 3 rings (SSSR count). The summed E-state index contributed by atoms with van der Waals surface area (Å²) in [6, 6.07) is 18.3. The first kappa shape index (κ1) is 13.9. The number of amides is 1. The fraction of sp³-hybridized carbons (Fsp3) is 0.316. The summed E-state index contributed by atoms with van der Waals surface area (Å²) in [6.07, 6.45) is 2.10. The molecule has 2 aromatic carbocycles. The van der Waals surface area contributed by atoms with Crippen molar-refractivity contribution in [2.24, 2.45) is 0 Å². The zero-order valence-corrected chi connectivity index (χ0v) is 12.7. The van der Waals surface area contributed by atoms with E-state index >= 15 is 0 Å². The molecule has 0 saturated heterocycles. The van der Waals surface area contributed by atoms with E-state index in [1.807, 2.05) is 55.1 Å². The number of aryl methyl sites for hydroxylation is 1. The standard InChI is InChI=1S/C19H21NO/c1-19(2,16-11-4-3-5-12-16)18(21)20-14-8-10-15-9-6-7-13-17(15)20/h3-7,9,11-13H,8,10,14H2,1-2H3. The highest BCUT2D eigenvalue weighted by molar-refractivity contribution is 6.01. The predicted molar refractivity (Wildman–Crippen MR) is 86.6 cm³/mol. The van der Waals surface area contributed by atoms with Crippen molar-refractivity contribution in [1.82, 2.24) is 0 Å². The van der Waals surface area contributed by atoms with Gasteiger partial charge in [-0.2, -0.15) is 0 Å². The molecule has 108 valence electrons. The highest BCUT2D eigenvalue weighted by Gasteiger charge is 2.35. The van der Waals surface area contributed by atoms with Gasteiger partial charge in [0.1, 0.15) is 0 Å². The SMILES string of the molecule is CC(C)(C(=O)N1CCCc2ccccc21)c1ccccc1. The topological polar surface area (TPSA) is 20.3 Å². The minimum Gasteiger partial charge on any atom is -0.311 e. The molecule has 2 aromatic rings. The molecule has 2 nitrogen and oxygen atoms in total. The zero-order valence-electron chi connectivity index (χ0n) is 12.7. The number of carbonyl (C=O) groups excluding carboxylic acids is 1. The van der Waals surface area contributed by atoms with Gasteiger partial charge < -0.3 is 4.90 Å². The number of hydrogen-bond acceptors (Lipinski definition) is 1. The minimum absolute atomic E-state index is 0.181. The monoisotopic (exact) mass is 279 g/mol. The van der Waals surface area contributed by atoms with Crippen molar-refractivity contribution < 1.29 is 4.79 Å². The highest BCUT2D eigenvalue weighted by Crippen LogP contribution is 2.32. The van der Waals surface area contributed by atoms with E-state index in [4.69, 9.17) is 0 Å². The van der Waals surface area contributed by atoms with Crippen molar-refractivity contribution >= 4 is 11.6 Å². The lowest BCUT2D eigenvalue weighted by molar-refractivity contribution is -0.123. The van der Waals surface area contributed by atoms with Crippen LogP contribution in [0.4, 0.5) is 5.69 Å². The summed E-state index contributed by atoms with van der Waals surface area (Å²) in [4.78, 5) is 15.1. The number of hydrogen-bond donors (Lipinski definition) is 0. The maximum Gasteiger partial charge on any atom is 0.237 e. The summed E-state index contributed by atoms with van der Waals surface area (Å²) < 4.78 is 0. The molecular formula is C19H21NO. The Morgan fingerprint density at radius 1 is 1.00 bits per heavy atom. The zero-order chi connectivity index (χ0) is 14.9. The Bertz CT molecular complexity index is 646. The van der Waals surface area contributed by atoms with Crippen LogP contribution in [0.15, 0.2) is 54.6 Å². The van der Waals surface area contributed by atoms with Gasteiger partial charge in [-0.1, -0.05) is 48.5 Å². The summed E-state index contributed by atoms with van der Waals surface area (Å²) in [5.74, 6) is 0.181. The molecule has 0 bridgehead atoms. The molecule has 0 unspecified atom stereocenters. The van der Waals surface area contributed by atoms with Crippen molar-refractivity contribution in [2.45, 2.75) is 32.1 Å². The lowest BCUT2D eigenvalue weighted by atomic mass is 9.82. The fourth-order valence-corrected chi connectivity index (χ4v) is 3.06. The Balaban J connectivity index is 1.96. The third-order valence-electron chi connectivity index (χ3n) is 4.39. The molecule has 0 aliphatic carbocycles. The number of carbonyl (C=O) groups is 1. The second kappa shape index (κ2) is 5.36. The minimum atomic E-state index is -0.508. The van der Waals surface area contributed by atoms with Crippen LogP contribution in [-0.2, 0) is 16.6 Å². The summed E-state index contributed by atoms with van der Waals surface area (Å²) in [5.41, 5.74) is 2.92. The second-order valence-corrected chi connectivity index (χ2v) is 6.18. The van der Waals surface area contributed by atoms with Gasteiger partial charge >= 0.3 is 0 Å². The number of anilines is 1. The average molecular weight is 279 g/mol. The molecule has 1 amide bonds. The maximum absolute atomic E-state index is 13.1. The van der Waals surface area contributed by atoms with Crippen LogP contribution in [-0.4, -0.2) is 12.5 Å². The van der Waals surface area contributed by atoms with Gasteiger partial charge in [0.15, 0.2) is 0 Å². The lowest BCUT2D eigenvalue weighted by Crippen LogP contribution is -2.45. The average Bonchev–Trinajstić information content (AvgIpc) is 2.54. The summed E-state index contributed by atoms with van der Waals surface area (Å²) >= 11 is 0. The van der Waals surface area contributed by atoms with Crippen LogP contribution in [0.25, 0.3) is 0 Å². The molecule has 1 aliphatic heterocycles. The van der Waals surface area contributed by atoms with E-state index in [0.29, 0.717) is 0 Å². The van der Waals surface area contributed by atoms with Crippen LogP contribution >= 0.6 is 0 Å². The van der Waals surface area contributed by atoms with Crippen molar-refractivity contribution in [3.05, 3.63) is 65.7 Å². The van der Waals surface area contributed by atoms with Crippen LogP contribution in [0.2, 0.25) is 0 Å². The van der Waals surface area contributed by atoms with E-state index < -0.39 is 5.41 Å². The third-order valence-corrected chi connectivity index (χ3v) is 4.39. The van der Waals surface area contributed by atoms with Crippen LogP contribution in [0, 0.1) is 0 Å². The van der Waals surface area contributed by atoms with Gasteiger partial charge in [0.2, 0.25) is 5.91 Å². The van der Waals surface area contributed by atoms with Crippen molar-refractivity contribution in [3.8, 4) is 0 Å². The van der Waals surface area contributed by atoms with E-state index in [-0.39, 0.29) is 5.91 Å². The van der Waals surface area contributed by atoms with Crippen LogP contribution in [0.1, 0.15) is 31.4 Å². The van der Waals surface area contributed by atoms with Crippen LogP contribution in [0.5, 0.6) is 0 Å². The number of fused-ring (bicyclic) bond motifs is 1. The second-order valence-electron chi connectivity index (χ2n) is 6.18. The highest BCUT2D eigenvalue weighted by atomic mass is 16.2. The Morgan fingerprint density at radius 2 is 1.67 bits per heavy atom. The largest absolute Gasteiger partial charge is 0.311 e. The third kappa shape index (κ3) is 2.46. The first-order valence-corrected chi connectivity index (χ1v) is 7.56. The molecule has 0 fully saturated rings. The van der Waals surface area contributed by atoms with Gasteiger partial charge in [-0.25, -0.2) is 0 Å². The van der Waals surface area contributed by atoms with Gasteiger partial charge in [0, 0.05) is 12.2 Å². The van der Waals surface area contributed by atoms with Crippen LogP contribution in [0.3, 0.4) is 0 Å². The van der Waals surface area contributed by atoms with Gasteiger partial charge in [-0.15, -0.1) is 0 Å². The molecular weight excluding hydrogens is 258 g/mol. The number of para-hydroxylation sites is 1. The van der Waals surface area contributed by atoms with E-state index in [1.165, 1.54) is 5.56 Å². The van der Waals surface area contributed by atoms with Gasteiger partial charge in [-0.05, 0) is 43.9 Å². The normalized spacial score (nSPS) is 14.7. The maximum atomic E-state index is 13.1. The first-order chi connectivity index (χ1) is 10.1. The van der Waals surface area contributed by atoms with E-state index in [0.717, 1.165) is 30.6 Å². The quantitative estimate of drug-likeness (QED) is 0.815. The van der Waals surface area contributed by atoms with E-state index in [2.05, 4.69) is 18.2 Å². The molecule has 1 aliphatic rings. The molecule has 0 atom stereocenters. The fourth-order valence-electron chi connectivity index (χ4n) is 3.06. The van der Waals surface area contributed by atoms with Gasteiger partial charge in [-0.3, -0.25) is 4.79 Å². The van der Waals surface area contributed by atoms with Crippen molar-refractivity contribution in [1.29, 1.82) is 0 Å². The molecule has 0 aromatic heterocycles. The van der Waals surface area contributed by atoms with Crippen molar-refractivity contribution in [2.75, 3.05) is 11.4 Å². The van der Waals surface area contributed by atoms with Gasteiger partial charge in [0.05, 0.1) is 5.41 Å². The summed E-state index contributed by atoms with van der Waals surface area (Å²) in [5, 5.41) is 0. The molecule has 2 heteroatoms. The molecule has 0 radical (unpaired) electrons. The molecule has 1 heterocycles. The van der Waals surface area contributed by atoms with Crippen molar-refractivity contribution in [3.63, 3.8) is 0 Å². The van der Waals surface area contributed by atoms with E-state index in [9.17, 15) is 4.79 Å². The summed E-state index contributed by atoms with van der Waals surface area (Å²) in [7, 11) is 0. The Hall–Kier alpha value is -2.09. The smallest absolute Gasteiger partial charge is 0.237 e. The Kier molecular flexibility index (Phi) is 3.54. The molecule has 0 spiro atoms. The predicted octanol–water partition coefficient (Wildman–Crippen LogP) is 3.94. The van der Waals surface area contributed by atoms with Gasteiger partial charge in [0.25, 0.3) is 0 Å². The number of nitrogens with zero attached hydrogens (tertiary/aromatic N) is 1. The van der Waals surface area contributed by atoms with Crippen LogP contribution < -0.4 is 4.90 Å². The molecule has 21 heavy (non-hydrogen) atoms. The number of benzene rings is 2. The summed E-state index contributed by atoms with van der Waals surface area (Å²) in [6.45, 7) is 4.84. The Labute approximate surface area is 126 Å². The molecule has 0 N–H and O–H groups in total. The van der Waals surface area contributed by atoms with E-state index in [1.54, 1.807) is 0 Å². The number of rotatable bonds is 2.